The van der Waals surface area contributed by atoms with Crippen LogP contribution in [0.2, 0.25) is 0 Å². The third-order valence-electron chi connectivity index (χ3n) is 7.23. The fourth-order valence-corrected chi connectivity index (χ4v) is 6.41. The molecule has 0 radical (unpaired) electrons. The second kappa shape index (κ2) is 10.9. The summed E-state index contributed by atoms with van der Waals surface area (Å²) in [6.45, 7) is 2.96. The molecule has 2 N–H and O–H groups in total. The van der Waals surface area contributed by atoms with E-state index >= 15 is 0 Å². The number of phenols is 2. The molecule has 1 aliphatic heterocycles. The van der Waals surface area contributed by atoms with Crippen LogP contribution in [0.25, 0.3) is 20.5 Å². The van der Waals surface area contributed by atoms with Gasteiger partial charge in [-0.25, -0.2) is 0 Å². The third-order valence-corrected chi connectivity index (χ3v) is 8.43. The Kier molecular flexibility index (Phi) is 7.05. The Bertz CT molecular complexity index is 1590. The zero-order valence-electron chi connectivity index (χ0n) is 21.4. The summed E-state index contributed by atoms with van der Waals surface area (Å²) in [5, 5.41) is 20.6. The predicted octanol–water partition coefficient (Wildman–Crippen LogP) is 7.25. The second-order valence-electron chi connectivity index (χ2n) is 9.97. The van der Waals surface area contributed by atoms with Crippen LogP contribution in [0, 0.1) is 0 Å². The number of carbonyl (C=O) groups excluding carboxylic acids is 1. The van der Waals surface area contributed by atoms with Gasteiger partial charge in [-0.15, -0.1) is 11.3 Å². The summed E-state index contributed by atoms with van der Waals surface area (Å²) >= 11 is 1.46. The molecule has 1 saturated heterocycles. The van der Waals surface area contributed by atoms with E-state index in [0.29, 0.717) is 11.1 Å². The van der Waals surface area contributed by atoms with Crippen LogP contribution in [0.15, 0.2) is 97.1 Å². The van der Waals surface area contributed by atoms with Crippen LogP contribution in [0.5, 0.6) is 17.2 Å². The van der Waals surface area contributed by atoms with Crippen LogP contribution >= 0.6 is 11.3 Å². The molecule has 196 valence electrons. The molecule has 2 heterocycles. The first kappa shape index (κ1) is 25.2. The van der Waals surface area contributed by atoms with E-state index in [1.54, 1.807) is 42.5 Å². The number of hydrogen-bond acceptors (Lipinski definition) is 6. The van der Waals surface area contributed by atoms with Gasteiger partial charge in [0, 0.05) is 45.7 Å². The monoisotopic (exact) mass is 535 g/mol. The van der Waals surface area contributed by atoms with Crippen LogP contribution in [0.1, 0.15) is 34.3 Å². The highest BCUT2D eigenvalue weighted by Crippen LogP contribution is 2.41. The Morgan fingerprint density at radius 1 is 0.846 bits per heavy atom. The number of fused-ring (bicyclic) bond motifs is 1. The molecular formula is C33H29NO4S. The standard InChI is InChI=1S/C33H29NO4S/c35-25-10-6-24(7-11-25)33-31(29-15-12-26(36)20-30(29)39-33)32(37)23-8-13-27(14-9-23)38-28-16-18-34(19-17-28)21-22-4-2-1-3-5-22/h1-15,20,28,35-36H,16-19,21H2. The number of carbonyl (C=O) groups is 1. The molecule has 0 saturated carbocycles. The minimum atomic E-state index is -0.0872. The first-order valence-electron chi connectivity index (χ1n) is 13.2. The van der Waals surface area contributed by atoms with E-state index in [4.69, 9.17) is 4.74 Å². The van der Waals surface area contributed by atoms with Crippen LogP contribution in [0.4, 0.5) is 0 Å². The molecule has 0 amide bonds. The molecule has 6 heteroatoms. The summed E-state index contributed by atoms with van der Waals surface area (Å²) in [5.41, 5.74) is 3.35. The van der Waals surface area contributed by atoms with E-state index in [1.807, 2.05) is 30.3 Å². The highest BCUT2D eigenvalue weighted by atomic mass is 32.1. The Morgan fingerprint density at radius 3 is 2.26 bits per heavy atom. The van der Waals surface area contributed by atoms with Gasteiger partial charge in [0.25, 0.3) is 0 Å². The molecule has 4 aromatic carbocycles. The molecule has 5 nitrogen and oxygen atoms in total. The predicted molar refractivity (Wildman–Crippen MR) is 156 cm³/mol. The lowest BCUT2D eigenvalue weighted by molar-refractivity contribution is 0.0967. The first-order chi connectivity index (χ1) is 19.0. The number of ketones is 1. The quantitative estimate of drug-likeness (QED) is 0.215. The maximum absolute atomic E-state index is 13.8. The zero-order chi connectivity index (χ0) is 26.8. The lowest BCUT2D eigenvalue weighted by atomic mass is 9.97. The molecule has 1 aromatic heterocycles. The molecule has 0 spiro atoms. The van der Waals surface area contributed by atoms with Gasteiger partial charge in [-0.2, -0.15) is 0 Å². The molecular weight excluding hydrogens is 506 g/mol. The molecule has 0 unspecified atom stereocenters. The normalized spacial score (nSPS) is 14.5. The first-order valence-corrected chi connectivity index (χ1v) is 14.0. The van der Waals surface area contributed by atoms with Crippen molar-refractivity contribution in [2.24, 2.45) is 0 Å². The summed E-state index contributed by atoms with van der Waals surface area (Å²) in [4.78, 5) is 17.1. The summed E-state index contributed by atoms with van der Waals surface area (Å²) in [5.74, 6) is 1.01. The van der Waals surface area contributed by atoms with Crippen LogP contribution in [-0.2, 0) is 6.54 Å². The smallest absolute Gasteiger partial charge is 0.195 e. The summed E-state index contributed by atoms with van der Waals surface area (Å²) in [6.07, 6.45) is 2.10. The highest BCUT2D eigenvalue weighted by molar-refractivity contribution is 7.22. The maximum atomic E-state index is 13.8. The van der Waals surface area contributed by atoms with Crippen molar-refractivity contribution >= 4 is 27.2 Å². The zero-order valence-corrected chi connectivity index (χ0v) is 22.2. The number of likely N-dealkylation sites (tertiary alicyclic amines) is 1. The van der Waals surface area contributed by atoms with Crippen molar-refractivity contribution in [2.75, 3.05) is 13.1 Å². The average molecular weight is 536 g/mol. The topological polar surface area (TPSA) is 70.0 Å². The van der Waals surface area contributed by atoms with E-state index in [-0.39, 0.29) is 23.4 Å². The number of hydrogen-bond donors (Lipinski definition) is 2. The Morgan fingerprint density at radius 2 is 1.54 bits per heavy atom. The Labute approximate surface area is 231 Å². The van der Waals surface area contributed by atoms with Gasteiger partial charge in [0.05, 0.1) is 0 Å². The van der Waals surface area contributed by atoms with Crippen molar-refractivity contribution in [2.45, 2.75) is 25.5 Å². The van der Waals surface area contributed by atoms with E-state index in [1.165, 1.54) is 16.9 Å². The second-order valence-corrected chi connectivity index (χ2v) is 11.0. The van der Waals surface area contributed by atoms with E-state index < -0.39 is 0 Å². The van der Waals surface area contributed by atoms with Crippen molar-refractivity contribution in [3.05, 3.63) is 114 Å². The maximum Gasteiger partial charge on any atom is 0.195 e. The minimum Gasteiger partial charge on any atom is -0.508 e. The molecule has 0 bridgehead atoms. The molecule has 1 fully saturated rings. The number of piperidine rings is 1. The lowest BCUT2D eigenvalue weighted by Crippen LogP contribution is -2.37. The number of phenolic OH excluding ortho intramolecular Hbond substituents is 2. The Hall–Kier alpha value is -4.13. The van der Waals surface area contributed by atoms with Crippen molar-refractivity contribution < 1.29 is 19.7 Å². The van der Waals surface area contributed by atoms with Gasteiger partial charge in [0.15, 0.2) is 5.78 Å². The van der Waals surface area contributed by atoms with Gasteiger partial charge in [0.2, 0.25) is 0 Å². The van der Waals surface area contributed by atoms with Crippen molar-refractivity contribution in [1.82, 2.24) is 4.90 Å². The van der Waals surface area contributed by atoms with Gasteiger partial charge < -0.3 is 14.9 Å². The summed E-state index contributed by atoms with van der Waals surface area (Å²) in [7, 11) is 0. The highest BCUT2D eigenvalue weighted by Gasteiger charge is 2.23. The van der Waals surface area contributed by atoms with E-state index in [9.17, 15) is 15.0 Å². The molecule has 1 aliphatic rings. The number of nitrogens with zero attached hydrogens (tertiary/aromatic N) is 1. The fraction of sp³-hybridized carbons (Fsp3) is 0.182. The summed E-state index contributed by atoms with van der Waals surface area (Å²) in [6, 6.07) is 29.9. The van der Waals surface area contributed by atoms with Gasteiger partial charge in [-0.05, 0) is 90.7 Å². The van der Waals surface area contributed by atoms with Crippen molar-refractivity contribution in [3.8, 4) is 27.7 Å². The van der Waals surface area contributed by atoms with Crippen LogP contribution in [-0.4, -0.2) is 40.1 Å². The van der Waals surface area contributed by atoms with Crippen LogP contribution in [0.3, 0.4) is 0 Å². The number of thiophene rings is 1. The molecule has 39 heavy (non-hydrogen) atoms. The largest absolute Gasteiger partial charge is 0.508 e. The molecule has 0 aliphatic carbocycles. The average Bonchev–Trinajstić information content (AvgIpc) is 3.33. The minimum absolute atomic E-state index is 0.0872. The lowest BCUT2D eigenvalue weighted by Gasteiger charge is -2.32. The Balaban J connectivity index is 1.17. The fourth-order valence-electron chi connectivity index (χ4n) is 5.18. The van der Waals surface area contributed by atoms with Gasteiger partial charge >= 0.3 is 0 Å². The molecule has 5 aromatic rings. The summed E-state index contributed by atoms with van der Waals surface area (Å²) < 4.78 is 7.11. The number of aromatic hydroxyl groups is 2. The number of rotatable bonds is 7. The van der Waals surface area contributed by atoms with Gasteiger partial charge in [-0.1, -0.05) is 30.3 Å². The third kappa shape index (κ3) is 5.53. The molecule has 0 atom stereocenters. The van der Waals surface area contributed by atoms with Crippen molar-refractivity contribution in [1.29, 1.82) is 0 Å². The van der Waals surface area contributed by atoms with E-state index in [2.05, 4.69) is 29.2 Å². The van der Waals surface area contributed by atoms with E-state index in [0.717, 1.165) is 58.8 Å². The van der Waals surface area contributed by atoms with Crippen molar-refractivity contribution in [3.63, 3.8) is 0 Å². The number of ether oxygens (including phenoxy) is 1. The molecule has 6 rings (SSSR count). The number of benzene rings is 4. The van der Waals surface area contributed by atoms with Crippen LogP contribution < -0.4 is 4.74 Å². The SMILES string of the molecule is O=C(c1ccc(OC2CCN(Cc3ccccc3)CC2)cc1)c1c(-c2ccc(O)cc2)sc2cc(O)ccc12. The van der Waals surface area contributed by atoms with Gasteiger partial charge in [-0.3, -0.25) is 9.69 Å². The van der Waals surface area contributed by atoms with Gasteiger partial charge in [0.1, 0.15) is 23.4 Å².